The van der Waals surface area contributed by atoms with Crippen LogP contribution in [0.25, 0.3) is 0 Å². The lowest BCUT2D eigenvalue weighted by atomic mass is 9.91. The van der Waals surface area contributed by atoms with E-state index in [-0.39, 0.29) is 24.6 Å². The smallest absolute Gasteiger partial charge is 0.305 e. The maximum absolute atomic E-state index is 12.3. The molecule has 0 aliphatic heterocycles. The van der Waals surface area contributed by atoms with Gasteiger partial charge in [0.2, 0.25) is 0 Å². The Balaban J connectivity index is 4.01. The number of carbonyl (C=O) groups excluding carboxylic acids is 2. The summed E-state index contributed by atoms with van der Waals surface area (Å²) in [6.45, 7) is 14.7. The van der Waals surface area contributed by atoms with E-state index in [4.69, 9.17) is 9.47 Å². The SMILES string of the molecule is CCCCCCC(CCCCCC)CCCOC(=O)CCCCCCCN(CCCCCCCC(=O)OCCCC(CCCCCC)CCCCCC)C(C)CO. The maximum atomic E-state index is 12.3. The van der Waals surface area contributed by atoms with Gasteiger partial charge in [0.05, 0.1) is 19.8 Å². The largest absolute Gasteiger partial charge is 0.466 e. The van der Waals surface area contributed by atoms with E-state index in [1.807, 2.05) is 0 Å². The fraction of sp³-hybridized carbons (Fsp3) is 0.961. The lowest BCUT2D eigenvalue weighted by Crippen LogP contribution is -2.37. The Morgan fingerprint density at radius 2 is 0.719 bits per heavy atom. The van der Waals surface area contributed by atoms with Crippen LogP contribution in [-0.4, -0.2) is 60.9 Å². The van der Waals surface area contributed by atoms with Crippen LogP contribution in [0.15, 0.2) is 0 Å². The number of hydrogen-bond acceptors (Lipinski definition) is 6. The van der Waals surface area contributed by atoms with E-state index in [0.29, 0.717) is 26.1 Å². The van der Waals surface area contributed by atoms with Crippen LogP contribution in [0.1, 0.15) is 266 Å². The van der Waals surface area contributed by atoms with Gasteiger partial charge in [0.1, 0.15) is 0 Å². The van der Waals surface area contributed by atoms with Crippen molar-refractivity contribution in [1.82, 2.24) is 4.90 Å². The maximum Gasteiger partial charge on any atom is 0.305 e. The molecular formula is C51H101NO5. The minimum Gasteiger partial charge on any atom is -0.466 e. The first kappa shape index (κ1) is 55.9. The van der Waals surface area contributed by atoms with Crippen LogP contribution in [0.3, 0.4) is 0 Å². The zero-order valence-corrected chi connectivity index (χ0v) is 39.3. The first-order valence-corrected chi connectivity index (χ1v) is 25.6. The second-order valence-corrected chi connectivity index (χ2v) is 18.0. The summed E-state index contributed by atoms with van der Waals surface area (Å²) in [5.41, 5.74) is 0. The van der Waals surface area contributed by atoms with E-state index in [1.165, 1.54) is 141 Å². The van der Waals surface area contributed by atoms with Crippen LogP contribution in [0.5, 0.6) is 0 Å². The van der Waals surface area contributed by atoms with Gasteiger partial charge >= 0.3 is 11.9 Å². The number of aliphatic hydroxyl groups is 1. The molecule has 6 heteroatoms. The normalized spacial score (nSPS) is 12.3. The molecule has 0 aromatic carbocycles. The molecule has 6 nitrogen and oxygen atoms in total. The third kappa shape index (κ3) is 38.8. The van der Waals surface area contributed by atoms with Crippen molar-refractivity contribution in [3.8, 4) is 0 Å². The van der Waals surface area contributed by atoms with E-state index in [2.05, 4.69) is 39.5 Å². The van der Waals surface area contributed by atoms with Crippen molar-refractivity contribution in [2.24, 2.45) is 11.8 Å². The van der Waals surface area contributed by atoms with Gasteiger partial charge in [0.25, 0.3) is 0 Å². The van der Waals surface area contributed by atoms with Crippen LogP contribution >= 0.6 is 0 Å². The number of unbranched alkanes of at least 4 members (excludes halogenated alkanes) is 20. The Labute approximate surface area is 356 Å². The lowest BCUT2D eigenvalue weighted by molar-refractivity contribution is -0.144. The molecule has 0 aromatic heterocycles. The van der Waals surface area contributed by atoms with Gasteiger partial charge in [-0.15, -0.1) is 0 Å². The number of rotatable bonds is 46. The van der Waals surface area contributed by atoms with Gasteiger partial charge in [-0.1, -0.05) is 195 Å². The van der Waals surface area contributed by atoms with Gasteiger partial charge in [0, 0.05) is 18.9 Å². The third-order valence-corrected chi connectivity index (χ3v) is 12.4. The second-order valence-electron chi connectivity index (χ2n) is 18.0. The molecule has 0 rings (SSSR count). The molecule has 57 heavy (non-hydrogen) atoms. The molecule has 0 radical (unpaired) electrons. The minimum absolute atomic E-state index is 0.0178. The summed E-state index contributed by atoms with van der Waals surface area (Å²) in [5, 5.41) is 9.84. The Hall–Kier alpha value is -1.14. The molecular weight excluding hydrogens is 707 g/mol. The second kappa shape index (κ2) is 44.4. The van der Waals surface area contributed by atoms with Gasteiger partial charge in [-0.25, -0.2) is 0 Å². The van der Waals surface area contributed by atoms with E-state index in [9.17, 15) is 14.7 Å². The molecule has 1 atom stereocenters. The molecule has 0 spiro atoms. The zero-order valence-electron chi connectivity index (χ0n) is 39.3. The number of esters is 2. The monoisotopic (exact) mass is 808 g/mol. The van der Waals surface area contributed by atoms with Crippen molar-refractivity contribution < 1.29 is 24.2 Å². The zero-order chi connectivity index (χ0) is 41.9. The molecule has 1 unspecified atom stereocenters. The van der Waals surface area contributed by atoms with Crippen molar-refractivity contribution in [1.29, 1.82) is 0 Å². The first-order valence-electron chi connectivity index (χ1n) is 25.6. The number of carbonyl (C=O) groups is 2. The number of ether oxygens (including phenoxy) is 2. The van der Waals surface area contributed by atoms with Gasteiger partial charge < -0.3 is 14.6 Å². The van der Waals surface area contributed by atoms with E-state index in [1.54, 1.807) is 0 Å². The summed E-state index contributed by atoms with van der Waals surface area (Å²) in [6.07, 6.45) is 43.2. The highest BCUT2D eigenvalue weighted by Gasteiger charge is 2.14. The summed E-state index contributed by atoms with van der Waals surface area (Å²) in [5.74, 6) is 1.57. The third-order valence-electron chi connectivity index (χ3n) is 12.4. The molecule has 0 heterocycles. The highest BCUT2D eigenvalue weighted by atomic mass is 16.5. The van der Waals surface area contributed by atoms with Crippen LogP contribution in [0.2, 0.25) is 0 Å². The highest BCUT2D eigenvalue weighted by molar-refractivity contribution is 5.69. The van der Waals surface area contributed by atoms with Gasteiger partial charge in [0.15, 0.2) is 0 Å². The number of aliphatic hydroxyl groups excluding tert-OH is 1. The van der Waals surface area contributed by atoms with Crippen molar-refractivity contribution in [2.45, 2.75) is 272 Å². The molecule has 0 amide bonds. The summed E-state index contributed by atoms with van der Waals surface area (Å²) >= 11 is 0. The van der Waals surface area contributed by atoms with Gasteiger partial charge in [-0.3, -0.25) is 14.5 Å². The van der Waals surface area contributed by atoms with Crippen LogP contribution in [0, 0.1) is 11.8 Å². The molecule has 340 valence electrons. The Bertz CT molecular complexity index is 750. The van der Waals surface area contributed by atoms with Crippen LogP contribution in [0.4, 0.5) is 0 Å². The van der Waals surface area contributed by atoms with Crippen molar-refractivity contribution in [3.05, 3.63) is 0 Å². The highest BCUT2D eigenvalue weighted by Crippen LogP contribution is 2.24. The molecule has 0 bridgehead atoms. The molecule has 0 aromatic rings. The van der Waals surface area contributed by atoms with E-state index < -0.39 is 0 Å². The van der Waals surface area contributed by atoms with Crippen molar-refractivity contribution in [2.75, 3.05) is 32.9 Å². The summed E-state index contributed by atoms with van der Waals surface area (Å²) in [6, 6.07) is 0.185. The Morgan fingerprint density at radius 3 is 1.05 bits per heavy atom. The van der Waals surface area contributed by atoms with E-state index in [0.717, 1.165) is 102 Å². The molecule has 0 saturated heterocycles. The molecule has 0 aliphatic carbocycles. The lowest BCUT2D eigenvalue weighted by Gasteiger charge is -2.27. The molecule has 0 aliphatic rings. The topological polar surface area (TPSA) is 76.1 Å². The summed E-state index contributed by atoms with van der Waals surface area (Å²) in [4.78, 5) is 27.1. The Kier molecular flexibility index (Phi) is 43.5. The molecule has 0 saturated carbocycles. The van der Waals surface area contributed by atoms with Gasteiger partial charge in [-0.05, 0) is 83.2 Å². The molecule has 1 N–H and O–H groups in total. The number of hydrogen-bond donors (Lipinski definition) is 1. The first-order chi connectivity index (χ1) is 27.9. The predicted octanol–water partition coefficient (Wildman–Crippen LogP) is 15.1. The van der Waals surface area contributed by atoms with E-state index >= 15 is 0 Å². The van der Waals surface area contributed by atoms with Crippen LogP contribution < -0.4 is 0 Å². The van der Waals surface area contributed by atoms with Crippen molar-refractivity contribution in [3.63, 3.8) is 0 Å². The Morgan fingerprint density at radius 1 is 0.421 bits per heavy atom. The fourth-order valence-electron chi connectivity index (χ4n) is 8.46. The summed E-state index contributed by atoms with van der Waals surface area (Å²) in [7, 11) is 0. The van der Waals surface area contributed by atoms with Crippen molar-refractivity contribution >= 4 is 11.9 Å². The van der Waals surface area contributed by atoms with Crippen LogP contribution in [-0.2, 0) is 19.1 Å². The number of nitrogens with zero attached hydrogens (tertiary/aromatic N) is 1. The minimum atomic E-state index is -0.0178. The average Bonchev–Trinajstić information content (AvgIpc) is 3.21. The summed E-state index contributed by atoms with van der Waals surface area (Å²) < 4.78 is 11.2. The quantitative estimate of drug-likeness (QED) is 0.0488. The predicted molar refractivity (Wildman–Crippen MR) is 246 cm³/mol. The van der Waals surface area contributed by atoms with Gasteiger partial charge in [-0.2, -0.15) is 0 Å². The average molecular weight is 808 g/mol. The molecule has 0 fully saturated rings. The standard InChI is InChI=1S/C51H101NO5/c1-6-10-14-24-34-48(35-25-15-11-7-2)38-32-44-56-50(54)40-28-20-18-22-30-42-52(47(5)46-53)43-31-23-19-21-29-41-51(55)57-45-33-39-49(36-26-16-12-8-3)37-27-17-13-9-4/h47-49,53H,6-46H2,1-5H3. The fourth-order valence-corrected chi connectivity index (χ4v) is 8.46.